The number of carbonyl (C=O) groups is 1. The van der Waals surface area contributed by atoms with Gasteiger partial charge in [-0.05, 0) is 37.3 Å². The van der Waals surface area contributed by atoms with Gasteiger partial charge in [0.1, 0.15) is 11.3 Å². The van der Waals surface area contributed by atoms with Gasteiger partial charge < -0.3 is 24.1 Å². The minimum Gasteiger partial charge on any atom is -0.805 e. The van der Waals surface area contributed by atoms with E-state index in [1.807, 2.05) is 0 Å². The van der Waals surface area contributed by atoms with Crippen molar-refractivity contribution in [2.75, 3.05) is 21.3 Å². The second kappa shape index (κ2) is 8.24. The monoisotopic (exact) mass is 414 g/mol. The van der Waals surface area contributed by atoms with Crippen molar-refractivity contribution in [1.82, 2.24) is 4.73 Å². The zero-order valence-corrected chi connectivity index (χ0v) is 16.8. The van der Waals surface area contributed by atoms with Crippen LogP contribution in [0.3, 0.4) is 0 Å². The summed E-state index contributed by atoms with van der Waals surface area (Å²) in [6.07, 6.45) is 2.36. The van der Waals surface area contributed by atoms with E-state index in [0.717, 1.165) is 18.2 Å². The molecule has 30 heavy (non-hydrogen) atoms. The standard InChI is InChI=1S/C21H19FN2O6/c1-12-15(24(27)17-11-14(22)5-6-16(17)23(12)26)7-8-18(25)13-9-19(28-2)21(30-4)20(10-13)29-3/h5-11H,1-4H3/b8-7+. The number of benzene rings is 2. The summed E-state index contributed by atoms with van der Waals surface area (Å²) in [7, 11) is 4.29. The number of methoxy groups -OCH3 is 3. The van der Waals surface area contributed by atoms with Crippen molar-refractivity contribution in [1.29, 1.82) is 0 Å². The third-order valence-corrected chi connectivity index (χ3v) is 4.61. The number of ether oxygens (including phenoxy) is 3. The van der Waals surface area contributed by atoms with E-state index in [4.69, 9.17) is 14.2 Å². The maximum atomic E-state index is 13.6. The van der Waals surface area contributed by atoms with Gasteiger partial charge in [-0.25, -0.2) is 4.39 Å². The van der Waals surface area contributed by atoms with Crippen molar-refractivity contribution < 1.29 is 27.8 Å². The van der Waals surface area contributed by atoms with Crippen molar-refractivity contribution in [3.8, 4) is 17.2 Å². The van der Waals surface area contributed by atoms with E-state index < -0.39 is 11.6 Å². The number of allylic oxidation sites excluding steroid dienone is 1. The largest absolute Gasteiger partial charge is 0.805 e. The number of nitrogens with zero attached hydrogens (tertiary/aromatic N) is 2. The predicted molar refractivity (Wildman–Crippen MR) is 108 cm³/mol. The molecule has 3 rings (SSSR count). The molecule has 0 aliphatic rings. The molecule has 8 nitrogen and oxygen atoms in total. The summed E-state index contributed by atoms with van der Waals surface area (Å²) in [4.78, 5) is 25.4. The summed E-state index contributed by atoms with van der Waals surface area (Å²) in [6, 6.07) is 6.23. The number of aromatic nitrogens is 2. The molecule has 0 fully saturated rings. The highest BCUT2D eigenvalue weighted by atomic mass is 19.1. The molecule has 2 aromatic carbocycles. The molecule has 0 atom stereocenters. The van der Waals surface area contributed by atoms with Crippen LogP contribution in [-0.2, 0) is 0 Å². The Morgan fingerprint density at radius 1 is 1.10 bits per heavy atom. The van der Waals surface area contributed by atoms with Gasteiger partial charge in [-0.2, -0.15) is 0 Å². The van der Waals surface area contributed by atoms with E-state index in [-0.39, 0.29) is 28.0 Å². The van der Waals surface area contributed by atoms with E-state index in [0.29, 0.717) is 26.4 Å². The second-order valence-electron chi connectivity index (χ2n) is 6.30. The minimum absolute atomic E-state index is 0.0250. The maximum Gasteiger partial charge on any atom is 0.289 e. The molecule has 0 unspecified atom stereocenters. The summed E-state index contributed by atoms with van der Waals surface area (Å²) < 4.78 is 30.2. The number of fused-ring (bicyclic) bond motifs is 1. The van der Waals surface area contributed by atoms with Crippen LogP contribution in [0.2, 0.25) is 0 Å². The Balaban J connectivity index is 2.07. The lowest BCUT2D eigenvalue weighted by atomic mass is 10.1. The third-order valence-electron chi connectivity index (χ3n) is 4.61. The van der Waals surface area contributed by atoms with Crippen LogP contribution < -0.4 is 18.6 Å². The predicted octanol–water partition coefficient (Wildman–Crippen LogP) is 3.27. The first-order valence-corrected chi connectivity index (χ1v) is 8.79. The quantitative estimate of drug-likeness (QED) is 0.349. The number of hydrogen-bond donors (Lipinski definition) is 0. The fourth-order valence-electron chi connectivity index (χ4n) is 3.05. The highest BCUT2D eigenvalue weighted by molar-refractivity contribution is 6.07. The highest BCUT2D eigenvalue weighted by Crippen LogP contribution is 2.38. The van der Waals surface area contributed by atoms with Gasteiger partial charge >= 0.3 is 0 Å². The first-order valence-electron chi connectivity index (χ1n) is 8.79. The molecule has 0 spiro atoms. The molecule has 0 amide bonds. The second-order valence-corrected chi connectivity index (χ2v) is 6.30. The molecule has 0 aliphatic carbocycles. The fraction of sp³-hybridized carbons (Fsp3) is 0.190. The van der Waals surface area contributed by atoms with Crippen LogP contribution in [0.5, 0.6) is 17.2 Å². The van der Waals surface area contributed by atoms with E-state index >= 15 is 0 Å². The van der Waals surface area contributed by atoms with Crippen molar-refractivity contribution in [2.45, 2.75) is 6.92 Å². The summed E-state index contributed by atoms with van der Waals surface area (Å²) in [5, 5.41) is 12.4. The van der Waals surface area contributed by atoms with Crippen LogP contribution in [0.1, 0.15) is 21.7 Å². The van der Waals surface area contributed by atoms with Crippen LogP contribution in [0.4, 0.5) is 4.39 Å². The van der Waals surface area contributed by atoms with E-state index in [2.05, 4.69) is 0 Å². The molecular formula is C21H19FN2O6. The van der Waals surface area contributed by atoms with Gasteiger partial charge in [0.15, 0.2) is 17.3 Å². The number of rotatable bonds is 6. The van der Waals surface area contributed by atoms with E-state index in [1.54, 1.807) is 0 Å². The van der Waals surface area contributed by atoms with E-state index in [9.17, 15) is 19.3 Å². The van der Waals surface area contributed by atoms with Gasteiger partial charge in [-0.1, -0.05) is 0 Å². The van der Waals surface area contributed by atoms with Gasteiger partial charge in [0.2, 0.25) is 5.75 Å². The molecule has 0 aliphatic heterocycles. The Bertz CT molecular complexity index is 1210. The number of ketones is 1. The number of halogens is 1. The van der Waals surface area contributed by atoms with Crippen LogP contribution in [-0.4, -0.2) is 31.8 Å². The Labute approximate surface area is 170 Å². The lowest BCUT2D eigenvalue weighted by Gasteiger charge is -2.15. The lowest BCUT2D eigenvalue weighted by Crippen LogP contribution is -2.24. The molecule has 0 N–H and O–H groups in total. The van der Waals surface area contributed by atoms with Crippen LogP contribution in [0.25, 0.3) is 17.1 Å². The van der Waals surface area contributed by atoms with Gasteiger partial charge in [-0.15, -0.1) is 0 Å². The first-order chi connectivity index (χ1) is 14.3. The Kier molecular flexibility index (Phi) is 5.72. The molecule has 156 valence electrons. The molecule has 0 bridgehead atoms. The smallest absolute Gasteiger partial charge is 0.289 e. The Hall–Kier alpha value is -3.88. The molecule has 3 aromatic rings. The topological polar surface area (TPSA) is 95.7 Å². The van der Waals surface area contributed by atoms with Gasteiger partial charge in [0.05, 0.1) is 37.5 Å². The molecule has 9 heteroatoms. The van der Waals surface area contributed by atoms with Crippen molar-refractivity contribution in [2.24, 2.45) is 0 Å². The Morgan fingerprint density at radius 3 is 2.30 bits per heavy atom. The summed E-state index contributed by atoms with van der Waals surface area (Å²) in [6.45, 7) is 1.44. The van der Waals surface area contributed by atoms with Crippen LogP contribution in [0.15, 0.2) is 36.4 Å². The number of carbonyl (C=O) groups excluding carboxylic acids is 1. The van der Waals surface area contributed by atoms with Crippen molar-refractivity contribution in [3.05, 3.63) is 69.3 Å². The number of hydrogen-bond acceptors (Lipinski definition) is 6. The van der Waals surface area contributed by atoms with Crippen LogP contribution in [0, 0.1) is 22.9 Å². The zero-order valence-electron chi connectivity index (χ0n) is 16.8. The SMILES string of the molecule is COc1cc(C(=O)/C=C/c2c(C)n([O-])c3ccc(F)cc3[n+]2=O)cc(OC)c1OC. The summed E-state index contributed by atoms with van der Waals surface area (Å²) in [5.41, 5.74) is 0.0899. The normalized spacial score (nSPS) is 11.1. The van der Waals surface area contributed by atoms with Gasteiger partial charge in [0, 0.05) is 16.5 Å². The lowest BCUT2D eigenvalue weighted by molar-refractivity contribution is -0.467. The minimum atomic E-state index is -0.653. The third kappa shape index (κ3) is 3.57. The van der Waals surface area contributed by atoms with Gasteiger partial charge in [-0.3, -0.25) is 4.79 Å². The summed E-state index contributed by atoms with van der Waals surface area (Å²) in [5.74, 6) is -0.202. The molecular weight excluding hydrogens is 395 g/mol. The summed E-state index contributed by atoms with van der Waals surface area (Å²) >= 11 is 0. The van der Waals surface area contributed by atoms with Gasteiger partial charge in [0.25, 0.3) is 11.2 Å². The van der Waals surface area contributed by atoms with Crippen molar-refractivity contribution >= 4 is 22.9 Å². The molecule has 0 radical (unpaired) electrons. The van der Waals surface area contributed by atoms with E-state index in [1.165, 1.54) is 52.5 Å². The molecule has 1 aromatic heterocycles. The first kappa shape index (κ1) is 20.8. The molecule has 1 heterocycles. The molecule has 0 saturated heterocycles. The zero-order chi connectivity index (χ0) is 22.0. The Morgan fingerprint density at radius 2 is 1.73 bits per heavy atom. The molecule has 0 saturated carbocycles. The fourth-order valence-corrected chi connectivity index (χ4v) is 3.05. The highest BCUT2D eigenvalue weighted by Gasteiger charge is 2.20. The average molecular weight is 414 g/mol. The average Bonchev–Trinajstić information content (AvgIpc) is 2.76. The van der Waals surface area contributed by atoms with Crippen LogP contribution >= 0.6 is 0 Å². The maximum absolute atomic E-state index is 13.6. The van der Waals surface area contributed by atoms with Crippen molar-refractivity contribution in [3.63, 3.8) is 0 Å².